The Bertz CT molecular complexity index is 1650. The van der Waals surface area contributed by atoms with E-state index in [2.05, 4.69) is 0 Å². The second-order valence-corrected chi connectivity index (χ2v) is 14.3. The summed E-state index contributed by atoms with van der Waals surface area (Å²) < 4.78 is 36.9. The molecule has 12 nitrogen and oxygen atoms in total. The number of aliphatic hydroxyl groups excluding tert-OH is 1. The first kappa shape index (κ1) is 29.6. The molecule has 2 spiro atoms. The lowest BCUT2D eigenvalue weighted by molar-refractivity contribution is -0.281. The molecule has 6 fully saturated rings. The Morgan fingerprint density at radius 3 is 2.24 bits per heavy atom. The van der Waals surface area contributed by atoms with Crippen LogP contribution in [0.3, 0.4) is 0 Å². The lowest BCUT2D eigenvalue weighted by Crippen LogP contribution is -2.74. The number of hydrogen-bond acceptors (Lipinski definition) is 12. The molecule has 2 aliphatic carbocycles. The molecule has 4 saturated heterocycles. The van der Waals surface area contributed by atoms with Crippen molar-refractivity contribution in [1.82, 2.24) is 0 Å². The Balaban J connectivity index is 1.40. The molecule has 2 N–H and O–H groups in total. The summed E-state index contributed by atoms with van der Waals surface area (Å²) in [4.78, 5) is 55.3. The van der Waals surface area contributed by atoms with Crippen LogP contribution in [0.2, 0.25) is 0 Å². The molecular weight excluding hydrogens is 600 g/mol. The lowest BCUT2D eigenvalue weighted by atomic mass is 9.50. The van der Waals surface area contributed by atoms with Crippen LogP contribution in [-0.4, -0.2) is 82.1 Å². The molecule has 4 aliphatic heterocycles. The molecule has 0 amide bonds. The van der Waals surface area contributed by atoms with E-state index in [0.29, 0.717) is 0 Å². The summed E-state index contributed by atoms with van der Waals surface area (Å²) in [6.07, 6.45) is -9.33. The van der Waals surface area contributed by atoms with Crippen molar-refractivity contribution in [2.24, 2.45) is 28.1 Å². The largest absolute Gasteiger partial charge is 0.456 e. The molecule has 0 aromatic heterocycles. The third kappa shape index (κ3) is 3.00. The van der Waals surface area contributed by atoms with Gasteiger partial charge < -0.3 is 38.6 Å². The molecule has 8 rings (SSSR count). The summed E-state index contributed by atoms with van der Waals surface area (Å²) in [5.74, 6) is -5.83. The maximum Gasteiger partial charge on any atom is 0.343 e. The number of carbonyl (C=O) groups excluding carboxylic acids is 4. The highest BCUT2D eigenvalue weighted by Crippen LogP contribution is 2.84. The summed E-state index contributed by atoms with van der Waals surface area (Å²) in [6, 6.07) is 17.2. The average molecular weight is 635 g/mol. The number of aliphatic hydroxyl groups is 2. The predicted molar refractivity (Wildman–Crippen MR) is 152 cm³/mol. The van der Waals surface area contributed by atoms with Crippen molar-refractivity contribution in [3.05, 3.63) is 71.8 Å². The number of fused-ring (bicyclic) bond motifs is 2. The molecule has 2 saturated carbocycles. The second-order valence-electron chi connectivity index (χ2n) is 14.3. The Labute approximate surface area is 263 Å². The van der Waals surface area contributed by atoms with Gasteiger partial charge in [0.15, 0.2) is 23.9 Å². The Hall–Kier alpha value is -3.84. The fourth-order valence-electron chi connectivity index (χ4n) is 10.1. The summed E-state index contributed by atoms with van der Waals surface area (Å²) in [5, 5.41) is 25.2. The van der Waals surface area contributed by atoms with Gasteiger partial charge in [0.25, 0.3) is 0 Å². The van der Waals surface area contributed by atoms with E-state index in [-0.39, 0.29) is 12.2 Å². The minimum absolute atomic E-state index is 0.0574. The van der Waals surface area contributed by atoms with E-state index in [4.69, 9.17) is 28.4 Å². The van der Waals surface area contributed by atoms with Crippen LogP contribution in [0.4, 0.5) is 0 Å². The molecule has 8 unspecified atom stereocenters. The highest BCUT2D eigenvalue weighted by atomic mass is 16.8. The van der Waals surface area contributed by atoms with Gasteiger partial charge in [-0.05, 0) is 30.0 Å². The van der Waals surface area contributed by atoms with E-state index in [1.165, 1.54) is 6.92 Å². The van der Waals surface area contributed by atoms with Crippen LogP contribution in [0.5, 0.6) is 0 Å². The Morgan fingerprint density at radius 2 is 1.59 bits per heavy atom. The van der Waals surface area contributed by atoms with E-state index in [9.17, 15) is 29.4 Å². The molecule has 12 heteroatoms. The average Bonchev–Trinajstić information content (AvgIpc) is 3.64. The zero-order valence-electron chi connectivity index (χ0n) is 25.6. The summed E-state index contributed by atoms with van der Waals surface area (Å²) in [6.45, 7) is 6.89. The number of ether oxygens (including phenoxy) is 6. The molecule has 46 heavy (non-hydrogen) atoms. The number of carbonyl (C=O) groups is 4. The van der Waals surface area contributed by atoms with Gasteiger partial charge >= 0.3 is 23.9 Å². The second kappa shape index (κ2) is 9.15. The molecule has 2 aromatic carbocycles. The number of benzene rings is 2. The maximum atomic E-state index is 14.5. The third-order valence-electron chi connectivity index (χ3n) is 11.4. The normalized spacial score (nSPS) is 44.6. The molecule has 2 aromatic rings. The van der Waals surface area contributed by atoms with E-state index in [1.807, 2.05) is 51.1 Å². The number of esters is 4. The standard InChI is InChI=1S/C34H34O12/c1-16-25(36)44-23-21(35)32-22(43-26(37)18-13-9-6-10-14-18)19-20(30(2,3)4)31(32)24(41-15-17-11-7-5-8-12-17)27(38)45-29(31)46-34(32,28(39)42-19)33(16,23)40/h5-14,16,19-24,29,35,40H,15H2,1-4H3/t16-,19-,20?,21?,22?,23?,24+,29?,31?,32?,33-,34?/m1/s1. The van der Waals surface area contributed by atoms with Crippen LogP contribution in [0.1, 0.15) is 43.6 Å². The molecule has 242 valence electrons. The molecule has 0 radical (unpaired) electrons. The van der Waals surface area contributed by atoms with Crippen molar-refractivity contribution in [2.75, 3.05) is 0 Å². The van der Waals surface area contributed by atoms with Gasteiger partial charge in [0.2, 0.25) is 11.9 Å². The van der Waals surface area contributed by atoms with Crippen molar-refractivity contribution >= 4 is 23.9 Å². The van der Waals surface area contributed by atoms with Crippen molar-refractivity contribution < 1.29 is 57.8 Å². The zero-order chi connectivity index (χ0) is 32.6. The SMILES string of the molecule is C[C@@H]1C(=O)OC2C(O)C34C(OC(=O)c5ccccc5)[C@@H]5OC(=O)C3(OC3OC(=O)[C@H](OCc6ccccc6)C34C5C(C)(C)C)[C@]21O. The quantitative estimate of drug-likeness (QED) is 0.362. The molecule has 2 bridgehead atoms. The number of rotatable bonds is 5. The van der Waals surface area contributed by atoms with Gasteiger partial charge in [-0.15, -0.1) is 0 Å². The molecule has 4 heterocycles. The number of hydrogen-bond donors (Lipinski definition) is 2. The fraction of sp³-hybridized carbons (Fsp3) is 0.529. The lowest BCUT2D eigenvalue weighted by Gasteiger charge is -2.51. The monoisotopic (exact) mass is 634 g/mol. The fourth-order valence-corrected chi connectivity index (χ4v) is 10.1. The van der Waals surface area contributed by atoms with Crippen molar-refractivity contribution in [2.45, 2.75) is 82.3 Å². The summed E-state index contributed by atoms with van der Waals surface area (Å²) in [7, 11) is 0. The van der Waals surface area contributed by atoms with Gasteiger partial charge in [0.05, 0.1) is 28.9 Å². The maximum absolute atomic E-state index is 14.5. The zero-order valence-corrected chi connectivity index (χ0v) is 25.6. The van der Waals surface area contributed by atoms with E-state index in [0.717, 1.165) is 5.56 Å². The molecular formula is C34H34O12. The van der Waals surface area contributed by atoms with Gasteiger partial charge in [-0.3, -0.25) is 4.79 Å². The first-order valence-corrected chi connectivity index (χ1v) is 15.4. The van der Waals surface area contributed by atoms with Crippen LogP contribution in [0.25, 0.3) is 0 Å². The third-order valence-corrected chi connectivity index (χ3v) is 11.4. The predicted octanol–water partition coefficient (Wildman–Crippen LogP) is 1.69. The minimum atomic E-state index is -2.56. The smallest absolute Gasteiger partial charge is 0.343 e. The Morgan fingerprint density at radius 1 is 0.935 bits per heavy atom. The van der Waals surface area contributed by atoms with Crippen molar-refractivity contribution in [1.29, 1.82) is 0 Å². The minimum Gasteiger partial charge on any atom is -0.456 e. The molecule has 6 aliphatic rings. The topological polar surface area (TPSA) is 164 Å². The first-order valence-electron chi connectivity index (χ1n) is 15.4. The Kier molecular flexibility index (Phi) is 5.88. The highest BCUT2D eigenvalue weighted by Gasteiger charge is 3.05. The van der Waals surface area contributed by atoms with Crippen molar-refractivity contribution in [3.63, 3.8) is 0 Å². The van der Waals surface area contributed by atoms with Gasteiger partial charge in [-0.1, -0.05) is 69.3 Å². The van der Waals surface area contributed by atoms with E-state index in [1.54, 1.807) is 30.3 Å². The van der Waals surface area contributed by atoms with Crippen LogP contribution < -0.4 is 0 Å². The van der Waals surface area contributed by atoms with Gasteiger partial charge in [-0.2, -0.15) is 0 Å². The van der Waals surface area contributed by atoms with Crippen LogP contribution >= 0.6 is 0 Å². The van der Waals surface area contributed by atoms with Gasteiger partial charge in [-0.25, -0.2) is 14.4 Å². The molecule has 12 atom stereocenters. The van der Waals surface area contributed by atoms with E-state index < -0.39 is 100.0 Å². The first-order chi connectivity index (χ1) is 21.8. The van der Waals surface area contributed by atoms with E-state index >= 15 is 0 Å². The van der Waals surface area contributed by atoms with Crippen LogP contribution in [0.15, 0.2) is 60.7 Å². The highest BCUT2D eigenvalue weighted by molar-refractivity contribution is 5.94. The summed E-state index contributed by atoms with van der Waals surface area (Å²) >= 11 is 0. The van der Waals surface area contributed by atoms with Crippen LogP contribution in [-0.2, 0) is 49.4 Å². The summed E-state index contributed by atoms with van der Waals surface area (Å²) in [5.41, 5.74) is -8.89. The van der Waals surface area contributed by atoms with Crippen LogP contribution in [0, 0.1) is 28.1 Å². The van der Waals surface area contributed by atoms with Gasteiger partial charge in [0.1, 0.15) is 12.2 Å². The van der Waals surface area contributed by atoms with Crippen molar-refractivity contribution in [3.8, 4) is 0 Å². The van der Waals surface area contributed by atoms with Gasteiger partial charge in [0, 0.05) is 5.92 Å².